The van der Waals surface area contributed by atoms with Crippen molar-refractivity contribution in [3.05, 3.63) is 69.6 Å². The van der Waals surface area contributed by atoms with Gasteiger partial charge < -0.3 is 9.47 Å². The molecule has 10 heteroatoms. The van der Waals surface area contributed by atoms with Crippen LogP contribution >= 0.6 is 11.3 Å². The Labute approximate surface area is 181 Å². The van der Waals surface area contributed by atoms with Gasteiger partial charge in [-0.3, -0.25) is 14.9 Å². The van der Waals surface area contributed by atoms with Crippen molar-refractivity contribution in [3.63, 3.8) is 0 Å². The highest BCUT2D eigenvalue weighted by molar-refractivity contribution is 7.15. The summed E-state index contributed by atoms with van der Waals surface area (Å²) in [7, 11) is 2.95. The van der Waals surface area contributed by atoms with Crippen molar-refractivity contribution in [1.82, 2.24) is 20.0 Å². The van der Waals surface area contributed by atoms with Gasteiger partial charge in [-0.05, 0) is 17.7 Å². The second-order valence-electron chi connectivity index (χ2n) is 6.58. The van der Waals surface area contributed by atoms with E-state index in [1.54, 1.807) is 12.1 Å². The standard InChI is InChI=1S/C21H19N5O4S/c1-29-15-9-8-14-11-22-26(20(28)18(14)19(15)30-2)12-16(27)23-21-25-24-17(31-21)10-13-6-4-3-5-7-13/h3-9,11H,10,12H2,1-2H3,(H,23,25,27). The molecule has 0 radical (unpaired) electrons. The van der Waals surface area contributed by atoms with Gasteiger partial charge in [0.25, 0.3) is 5.56 Å². The number of aromatic nitrogens is 4. The Morgan fingerprint density at radius 1 is 1.10 bits per heavy atom. The Kier molecular flexibility index (Phi) is 5.89. The van der Waals surface area contributed by atoms with E-state index in [0.717, 1.165) is 15.3 Å². The topological polar surface area (TPSA) is 108 Å². The fourth-order valence-electron chi connectivity index (χ4n) is 3.14. The van der Waals surface area contributed by atoms with Gasteiger partial charge in [0.15, 0.2) is 11.5 Å². The Morgan fingerprint density at radius 2 is 1.90 bits per heavy atom. The maximum absolute atomic E-state index is 12.9. The highest BCUT2D eigenvalue weighted by Crippen LogP contribution is 2.32. The molecule has 31 heavy (non-hydrogen) atoms. The number of carbonyl (C=O) groups is 1. The molecule has 2 heterocycles. The first kappa shape index (κ1) is 20.5. The number of amides is 1. The normalized spacial score (nSPS) is 10.8. The molecule has 0 saturated heterocycles. The first-order chi connectivity index (χ1) is 15.1. The molecule has 0 aliphatic rings. The van der Waals surface area contributed by atoms with Crippen LogP contribution < -0.4 is 20.3 Å². The highest BCUT2D eigenvalue weighted by atomic mass is 32.1. The van der Waals surface area contributed by atoms with E-state index in [4.69, 9.17) is 9.47 Å². The number of nitrogens with zero attached hydrogens (tertiary/aromatic N) is 4. The van der Waals surface area contributed by atoms with E-state index in [-0.39, 0.29) is 6.54 Å². The molecule has 0 aliphatic heterocycles. The average molecular weight is 437 g/mol. The summed E-state index contributed by atoms with van der Waals surface area (Å²) in [5.41, 5.74) is 0.651. The van der Waals surface area contributed by atoms with Crippen LogP contribution in [0.2, 0.25) is 0 Å². The van der Waals surface area contributed by atoms with E-state index in [1.165, 1.54) is 31.8 Å². The van der Waals surface area contributed by atoms with Gasteiger partial charge >= 0.3 is 0 Å². The van der Waals surface area contributed by atoms with E-state index in [1.807, 2.05) is 30.3 Å². The molecule has 0 fully saturated rings. The lowest BCUT2D eigenvalue weighted by molar-refractivity contribution is -0.117. The Morgan fingerprint density at radius 3 is 2.65 bits per heavy atom. The molecule has 0 saturated carbocycles. The molecule has 0 spiro atoms. The maximum Gasteiger partial charge on any atom is 0.279 e. The Bertz CT molecular complexity index is 1290. The fourth-order valence-corrected chi connectivity index (χ4v) is 3.93. The molecular formula is C21H19N5O4S. The van der Waals surface area contributed by atoms with Crippen molar-refractivity contribution in [1.29, 1.82) is 0 Å². The molecule has 2 aromatic heterocycles. The molecule has 4 rings (SSSR count). The highest BCUT2D eigenvalue weighted by Gasteiger charge is 2.16. The number of ether oxygens (including phenoxy) is 2. The number of methoxy groups -OCH3 is 2. The Hall–Kier alpha value is -3.79. The predicted molar refractivity (Wildman–Crippen MR) is 117 cm³/mol. The lowest BCUT2D eigenvalue weighted by atomic mass is 10.1. The minimum absolute atomic E-state index is 0.275. The fraction of sp³-hybridized carbons (Fsp3) is 0.190. The van der Waals surface area contributed by atoms with Crippen LogP contribution in [0.3, 0.4) is 0 Å². The first-order valence-corrected chi connectivity index (χ1v) is 10.2. The number of benzene rings is 2. The van der Waals surface area contributed by atoms with Crippen LogP contribution in [0.25, 0.3) is 10.8 Å². The van der Waals surface area contributed by atoms with Crippen molar-refractivity contribution >= 4 is 33.1 Å². The molecule has 2 aromatic carbocycles. The van der Waals surface area contributed by atoms with Crippen LogP contribution in [0.1, 0.15) is 10.6 Å². The van der Waals surface area contributed by atoms with Crippen molar-refractivity contribution < 1.29 is 14.3 Å². The van der Waals surface area contributed by atoms with Crippen molar-refractivity contribution in [3.8, 4) is 11.5 Å². The molecule has 4 aromatic rings. The lowest BCUT2D eigenvalue weighted by Gasteiger charge is -2.11. The Balaban J connectivity index is 1.51. The number of hydrogen-bond acceptors (Lipinski definition) is 8. The smallest absolute Gasteiger partial charge is 0.279 e. The summed E-state index contributed by atoms with van der Waals surface area (Å²) >= 11 is 1.29. The molecule has 1 amide bonds. The van der Waals surface area contributed by atoms with Gasteiger partial charge in [0.1, 0.15) is 11.6 Å². The van der Waals surface area contributed by atoms with E-state index in [0.29, 0.717) is 33.8 Å². The number of anilines is 1. The zero-order chi connectivity index (χ0) is 21.8. The van der Waals surface area contributed by atoms with E-state index in [2.05, 4.69) is 20.6 Å². The largest absolute Gasteiger partial charge is 0.493 e. The molecule has 0 atom stereocenters. The van der Waals surface area contributed by atoms with Crippen LogP contribution in [0.15, 0.2) is 53.5 Å². The van der Waals surface area contributed by atoms with Gasteiger partial charge in [0.2, 0.25) is 11.0 Å². The van der Waals surface area contributed by atoms with Gasteiger partial charge in [-0.2, -0.15) is 5.10 Å². The first-order valence-electron chi connectivity index (χ1n) is 9.36. The maximum atomic E-state index is 12.9. The summed E-state index contributed by atoms with van der Waals surface area (Å²) in [6, 6.07) is 13.3. The minimum Gasteiger partial charge on any atom is -0.493 e. The van der Waals surface area contributed by atoms with Crippen LogP contribution in [0.4, 0.5) is 5.13 Å². The second kappa shape index (κ2) is 8.92. The van der Waals surface area contributed by atoms with Crippen LogP contribution in [0, 0.1) is 0 Å². The molecule has 158 valence electrons. The summed E-state index contributed by atoms with van der Waals surface area (Å²) in [5.74, 6) is 0.295. The summed E-state index contributed by atoms with van der Waals surface area (Å²) in [6.45, 7) is -0.275. The van der Waals surface area contributed by atoms with Crippen LogP contribution in [-0.2, 0) is 17.8 Å². The number of nitrogens with one attached hydrogen (secondary N) is 1. The quantitative estimate of drug-likeness (QED) is 0.473. The average Bonchev–Trinajstić information content (AvgIpc) is 3.22. The molecule has 0 aliphatic carbocycles. The lowest BCUT2D eigenvalue weighted by Crippen LogP contribution is -2.29. The SMILES string of the molecule is COc1ccc2cnn(CC(=O)Nc3nnc(Cc4ccccc4)s3)c(=O)c2c1OC. The van der Waals surface area contributed by atoms with Crippen LogP contribution in [0.5, 0.6) is 11.5 Å². The van der Waals surface area contributed by atoms with Gasteiger partial charge in [0.05, 0.1) is 25.8 Å². The van der Waals surface area contributed by atoms with Gasteiger partial charge in [-0.15, -0.1) is 10.2 Å². The van der Waals surface area contributed by atoms with E-state index in [9.17, 15) is 9.59 Å². The van der Waals surface area contributed by atoms with Gasteiger partial charge in [-0.1, -0.05) is 41.7 Å². The van der Waals surface area contributed by atoms with E-state index < -0.39 is 11.5 Å². The molecule has 0 unspecified atom stereocenters. The number of rotatable bonds is 7. The molecule has 0 bridgehead atoms. The molecule has 9 nitrogen and oxygen atoms in total. The third kappa shape index (κ3) is 4.38. The third-order valence-electron chi connectivity index (χ3n) is 4.57. The zero-order valence-corrected chi connectivity index (χ0v) is 17.7. The van der Waals surface area contributed by atoms with Crippen molar-refractivity contribution in [2.75, 3.05) is 19.5 Å². The zero-order valence-electron chi connectivity index (χ0n) is 16.9. The van der Waals surface area contributed by atoms with E-state index >= 15 is 0 Å². The van der Waals surface area contributed by atoms with Crippen molar-refractivity contribution in [2.45, 2.75) is 13.0 Å². The predicted octanol–water partition coefficient (Wildman–Crippen LogP) is 2.49. The monoisotopic (exact) mass is 437 g/mol. The molecule has 1 N–H and O–H groups in total. The summed E-state index contributed by atoms with van der Waals surface area (Å²) in [5, 5.41) is 16.9. The van der Waals surface area contributed by atoms with Crippen molar-refractivity contribution in [2.24, 2.45) is 0 Å². The summed E-state index contributed by atoms with van der Waals surface area (Å²) in [4.78, 5) is 25.4. The number of fused-ring (bicyclic) bond motifs is 1. The second-order valence-corrected chi connectivity index (χ2v) is 7.65. The summed E-state index contributed by atoms with van der Waals surface area (Å²) < 4.78 is 11.7. The number of carbonyl (C=O) groups excluding carboxylic acids is 1. The number of hydrogen-bond donors (Lipinski definition) is 1. The van der Waals surface area contributed by atoms with Gasteiger partial charge in [-0.25, -0.2) is 4.68 Å². The van der Waals surface area contributed by atoms with Gasteiger partial charge in [0, 0.05) is 11.8 Å². The molecular weight excluding hydrogens is 418 g/mol. The minimum atomic E-state index is -0.453. The summed E-state index contributed by atoms with van der Waals surface area (Å²) in [6.07, 6.45) is 2.14. The van der Waals surface area contributed by atoms with Crippen LogP contribution in [-0.4, -0.2) is 40.1 Å². The third-order valence-corrected chi connectivity index (χ3v) is 5.41.